The second-order valence-corrected chi connectivity index (χ2v) is 8.13. The van der Waals surface area contributed by atoms with Crippen LogP contribution in [0.15, 0.2) is 52.1 Å². The predicted molar refractivity (Wildman–Crippen MR) is 124 cm³/mol. The molecule has 3 heterocycles. The molecule has 32 heavy (non-hydrogen) atoms. The Balaban J connectivity index is 1.88. The van der Waals surface area contributed by atoms with Crippen LogP contribution in [0, 0.1) is 0 Å². The molecule has 2 aromatic heterocycles. The molecular formula is C23H28N6O3. The summed E-state index contributed by atoms with van der Waals surface area (Å²) >= 11 is 0. The highest BCUT2D eigenvalue weighted by atomic mass is 16.2. The van der Waals surface area contributed by atoms with Crippen molar-refractivity contribution in [2.75, 3.05) is 18.0 Å². The van der Waals surface area contributed by atoms with E-state index in [1.165, 1.54) is 4.57 Å². The first-order chi connectivity index (χ1) is 15.4. The Morgan fingerprint density at radius 2 is 1.97 bits per heavy atom. The van der Waals surface area contributed by atoms with Gasteiger partial charge in [-0.1, -0.05) is 42.5 Å². The minimum atomic E-state index is -0.565. The zero-order valence-corrected chi connectivity index (χ0v) is 18.4. The molecule has 3 aromatic rings. The molecule has 0 amide bonds. The van der Waals surface area contributed by atoms with Gasteiger partial charge in [0.15, 0.2) is 16.9 Å². The molecule has 1 aromatic carbocycles. The van der Waals surface area contributed by atoms with E-state index in [1.807, 2.05) is 29.7 Å². The summed E-state index contributed by atoms with van der Waals surface area (Å²) in [7, 11) is 1.58. The van der Waals surface area contributed by atoms with Crippen molar-refractivity contribution in [2.45, 2.75) is 38.9 Å². The van der Waals surface area contributed by atoms with Gasteiger partial charge < -0.3 is 15.2 Å². The van der Waals surface area contributed by atoms with Gasteiger partial charge in [-0.25, -0.2) is 4.79 Å². The second-order valence-electron chi connectivity index (χ2n) is 8.13. The quantitative estimate of drug-likeness (QED) is 0.461. The molecule has 2 N–H and O–H groups in total. The van der Waals surface area contributed by atoms with Crippen LogP contribution in [0.3, 0.4) is 0 Å². The molecule has 0 aliphatic carbocycles. The van der Waals surface area contributed by atoms with Crippen molar-refractivity contribution in [1.29, 1.82) is 0 Å². The molecule has 9 nitrogen and oxygen atoms in total. The first-order valence-corrected chi connectivity index (χ1v) is 10.8. The summed E-state index contributed by atoms with van der Waals surface area (Å²) < 4.78 is 4.16. The number of allylic oxidation sites excluding steroid dienone is 2. The normalized spacial score (nSPS) is 16.8. The van der Waals surface area contributed by atoms with Gasteiger partial charge in [-0.15, -0.1) is 0 Å². The standard InChI is InChI=1S/C23H28N6O3/c1-3-4-13-28-19-20(25-22(28)27-12-8-11-17(24)14-27)26(2)23(32)29(21(19)31)15-18(30)16-9-6-5-7-10-16/h3-7,9-10,17H,8,11-15,24H2,1-2H3/b4-3+. The number of fused-ring (bicyclic) bond motifs is 1. The van der Waals surface area contributed by atoms with E-state index in [-0.39, 0.29) is 18.4 Å². The molecule has 0 spiro atoms. The summed E-state index contributed by atoms with van der Waals surface area (Å²) in [6, 6.07) is 8.68. The number of hydrogen-bond acceptors (Lipinski definition) is 6. The maximum Gasteiger partial charge on any atom is 0.332 e. The number of benzene rings is 1. The molecule has 1 saturated heterocycles. The molecule has 0 bridgehead atoms. The maximum atomic E-state index is 13.5. The molecule has 4 rings (SSSR count). The lowest BCUT2D eigenvalue weighted by Gasteiger charge is -2.31. The Labute approximate surface area is 185 Å². The number of nitrogens with two attached hydrogens (primary N) is 1. The Hall–Kier alpha value is -3.46. The smallest absolute Gasteiger partial charge is 0.332 e. The first kappa shape index (κ1) is 21.8. The number of Topliss-reactive ketones (excluding diaryl/α,β-unsaturated/α-hetero) is 1. The van der Waals surface area contributed by atoms with Gasteiger partial charge in [-0.3, -0.25) is 18.7 Å². The zero-order chi connectivity index (χ0) is 22.8. The lowest BCUT2D eigenvalue weighted by atomic mass is 10.1. The number of hydrogen-bond donors (Lipinski definition) is 1. The number of aromatic nitrogens is 4. The highest BCUT2D eigenvalue weighted by Crippen LogP contribution is 2.23. The maximum absolute atomic E-state index is 13.5. The van der Waals surface area contributed by atoms with Gasteiger partial charge in [-0.05, 0) is 19.8 Å². The highest BCUT2D eigenvalue weighted by Gasteiger charge is 2.26. The van der Waals surface area contributed by atoms with Gasteiger partial charge in [0, 0.05) is 38.3 Å². The third kappa shape index (κ3) is 3.91. The molecule has 168 valence electrons. The summed E-state index contributed by atoms with van der Waals surface area (Å²) in [5, 5.41) is 0. The zero-order valence-electron chi connectivity index (χ0n) is 18.4. The van der Waals surface area contributed by atoms with Crippen molar-refractivity contribution < 1.29 is 4.79 Å². The van der Waals surface area contributed by atoms with Crippen LogP contribution in [0.25, 0.3) is 11.2 Å². The topological polar surface area (TPSA) is 108 Å². The van der Waals surface area contributed by atoms with E-state index in [1.54, 1.807) is 31.3 Å². The summed E-state index contributed by atoms with van der Waals surface area (Å²) in [6.45, 7) is 3.41. The Morgan fingerprint density at radius 1 is 1.22 bits per heavy atom. The second kappa shape index (κ2) is 8.96. The monoisotopic (exact) mass is 436 g/mol. The number of carbonyl (C=O) groups excluding carboxylic acids is 1. The van der Waals surface area contributed by atoms with Gasteiger partial charge in [-0.2, -0.15) is 4.98 Å². The van der Waals surface area contributed by atoms with E-state index in [4.69, 9.17) is 5.73 Å². The fourth-order valence-electron chi connectivity index (χ4n) is 4.18. The van der Waals surface area contributed by atoms with Gasteiger partial charge in [0.25, 0.3) is 5.56 Å². The van der Waals surface area contributed by atoms with E-state index in [9.17, 15) is 14.4 Å². The largest absolute Gasteiger partial charge is 0.341 e. The average molecular weight is 437 g/mol. The van der Waals surface area contributed by atoms with Crippen LogP contribution in [0.2, 0.25) is 0 Å². The molecule has 0 saturated carbocycles. The first-order valence-electron chi connectivity index (χ1n) is 10.8. The van der Waals surface area contributed by atoms with Crippen LogP contribution < -0.4 is 21.9 Å². The number of aryl methyl sites for hydroxylation is 1. The third-order valence-corrected chi connectivity index (χ3v) is 5.87. The molecule has 1 fully saturated rings. The molecule has 1 aliphatic rings. The summed E-state index contributed by atoms with van der Waals surface area (Å²) in [6.07, 6.45) is 5.71. The Bertz CT molecular complexity index is 1290. The van der Waals surface area contributed by atoms with Crippen LogP contribution in [0.1, 0.15) is 30.1 Å². The van der Waals surface area contributed by atoms with E-state index in [0.29, 0.717) is 35.8 Å². The van der Waals surface area contributed by atoms with Crippen molar-refractivity contribution in [3.63, 3.8) is 0 Å². The number of nitrogens with zero attached hydrogens (tertiary/aromatic N) is 5. The van der Waals surface area contributed by atoms with Gasteiger partial charge in [0.05, 0.1) is 6.54 Å². The van der Waals surface area contributed by atoms with Crippen molar-refractivity contribution in [3.8, 4) is 0 Å². The van der Waals surface area contributed by atoms with Gasteiger partial charge in [0.1, 0.15) is 0 Å². The lowest BCUT2D eigenvalue weighted by molar-refractivity contribution is 0.0969. The van der Waals surface area contributed by atoms with Crippen molar-refractivity contribution in [1.82, 2.24) is 18.7 Å². The van der Waals surface area contributed by atoms with Crippen molar-refractivity contribution in [3.05, 3.63) is 68.9 Å². The van der Waals surface area contributed by atoms with Gasteiger partial charge >= 0.3 is 5.69 Å². The van der Waals surface area contributed by atoms with E-state index in [2.05, 4.69) is 9.88 Å². The fraction of sp³-hybridized carbons (Fsp3) is 0.391. The SMILES string of the molecule is C/C=C/Cn1c(N2CCCC(N)C2)nc2c1c(=O)n(CC(=O)c1ccccc1)c(=O)n2C. The van der Waals surface area contributed by atoms with Crippen LogP contribution in [0.4, 0.5) is 5.95 Å². The van der Waals surface area contributed by atoms with Crippen LogP contribution in [-0.4, -0.2) is 43.6 Å². The van der Waals surface area contributed by atoms with Crippen LogP contribution in [-0.2, 0) is 20.1 Å². The number of piperidine rings is 1. The average Bonchev–Trinajstić information content (AvgIpc) is 3.19. The van der Waals surface area contributed by atoms with Crippen molar-refractivity contribution in [2.24, 2.45) is 12.8 Å². The number of imidazole rings is 1. The minimum Gasteiger partial charge on any atom is -0.341 e. The Kier molecular flexibility index (Phi) is 6.09. The fourth-order valence-corrected chi connectivity index (χ4v) is 4.18. The number of anilines is 1. The number of rotatable bonds is 6. The highest BCUT2D eigenvalue weighted by molar-refractivity contribution is 5.95. The summed E-state index contributed by atoms with van der Waals surface area (Å²) in [5.74, 6) is 0.318. The molecule has 1 aliphatic heterocycles. The Morgan fingerprint density at radius 3 is 2.66 bits per heavy atom. The third-order valence-electron chi connectivity index (χ3n) is 5.87. The van der Waals surface area contributed by atoms with Crippen molar-refractivity contribution >= 4 is 22.9 Å². The van der Waals surface area contributed by atoms with Crippen LogP contribution in [0.5, 0.6) is 0 Å². The van der Waals surface area contributed by atoms with Crippen LogP contribution >= 0.6 is 0 Å². The lowest BCUT2D eigenvalue weighted by Crippen LogP contribution is -2.44. The number of ketones is 1. The molecular weight excluding hydrogens is 408 g/mol. The molecule has 1 atom stereocenters. The van der Waals surface area contributed by atoms with E-state index in [0.717, 1.165) is 24.0 Å². The van der Waals surface area contributed by atoms with E-state index < -0.39 is 11.2 Å². The van der Waals surface area contributed by atoms with E-state index >= 15 is 0 Å². The molecule has 1 unspecified atom stereocenters. The van der Waals surface area contributed by atoms with Gasteiger partial charge in [0.2, 0.25) is 5.95 Å². The molecule has 0 radical (unpaired) electrons. The predicted octanol–water partition coefficient (Wildman–Crippen LogP) is 1.28. The summed E-state index contributed by atoms with van der Waals surface area (Å²) in [5.41, 5.74) is 6.16. The summed E-state index contributed by atoms with van der Waals surface area (Å²) in [4.78, 5) is 46.0. The minimum absolute atomic E-state index is 0.0303. The number of carbonyl (C=O) groups is 1. The molecule has 9 heteroatoms.